The Balaban J connectivity index is 2.26. The van der Waals surface area contributed by atoms with Crippen LogP contribution in [-0.4, -0.2) is 35.1 Å². The van der Waals surface area contributed by atoms with Crippen LogP contribution in [0.3, 0.4) is 0 Å². The molecule has 1 aromatic carbocycles. The Morgan fingerprint density at radius 3 is 2.53 bits per heavy atom. The molecule has 0 aromatic heterocycles. The fourth-order valence-electron chi connectivity index (χ4n) is 2.93. The minimum Gasteiger partial charge on any atom is -0.506 e. The number of carbonyl (C=O) groups excluding carboxylic acids is 1. The lowest BCUT2D eigenvalue weighted by Crippen LogP contribution is -2.40. The summed E-state index contributed by atoms with van der Waals surface area (Å²) in [5.74, 6) is -10.1. The van der Waals surface area contributed by atoms with Gasteiger partial charge in [-0.15, -0.1) is 0 Å². The average molecular weight is 447 g/mol. The summed E-state index contributed by atoms with van der Waals surface area (Å²) in [6.07, 6.45) is 5.96. The number of nitrogens with zero attached hydrogens (tertiary/aromatic N) is 1. The highest BCUT2D eigenvalue weighted by atomic mass is 32.1. The summed E-state index contributed by atoms with van der Waals surface area (Å²) in [5, 5.41) is 17.1. The van der Waals surface area contributed by atoms with Crippen molar-refractivity contribution in [2.45, 2.75) is 45.1 Å². The van der Waals surface area contributed by atoms with Gasteiger partial charge in [0.2, 0.25) is 0 Å². The van der Waals surface area contributed by atoms with Gasteiger partial charge in [0.1, 0.15) is 11.3 Å². The molecule has 30 heavy (non-hydrogen) atoms. The van der Waals surface area contributed by atoms with E-state index in [9.17, 15) is 27.5 Å². The zero-order valence-corrected chi connectivity index (χ0v) is 16.9. The van der Waals surface area contributed by atoms with Crippen molar-refractivity contribution < 1.29 is 32.2 Å². The molecule has 1 aliphatic carbocycles. The van der Waals surface area contributed by atoms with Crippen molar-refractivity contribution in [3.8, 4) is 0 Å². The second kappa shape index (κ2) is 10.9. The quantitative estimate of drug-likeness (QED) is 0.0707. The number of hydrazone groups is 1. The van der Waals surface area contributed by atoms with E-state index in [-0.39, 0.29) is 23.8 Å². The number of aliphatic hydroxyl groups is 1. The first kappa shape index (κ1) is 23.6. The van der Waals surface area contributed by atoms with Crippen LogP contribution >= 0.6 is 12.2 Å². The van der Waals surface area contributed by atoms with Gasteiger partial charge in [-0.1, -0.05) is 19.3 Å². The number of nitrogens with one attached hydrogen (secondary N) is 2. The maximum absolute atomic E-state index is 14.0. The molecule has 11 heteroatoms. The first-order valence-electron chi connectivity index (χ1n) is 9.29. The molecule has 0 heterocycles. The first-order valence-corrected chi connectivity index (χ1v) is 9.70. The van der Waals surface area contributed by atoms with Crippen molar-refractivity contribution in [1.82, 2.24) is 10.7 Å². The number of thiocarbonyl (C=S) groups is 1. The second-order valence-corrected chi connectivity index (χ2v) is 6.92. The molecular formula is C19H21F4N3O3S. The molecule has 0 saturated heterocycles. The van der Waals surface area contributed by atoms with E-state index in [1.54, 1.807) is 0 Å². The molecule has 0 spiro atoms. The molecule has 0 atom stereocenters. The smallest absolute Gasteiger partial charge is 0.343 e. The van der Waals surface area contributed by atoms with Crippen molar-refractivity contribution in [3.63, 3.8) is 0 Å². The highest BCUT2D eigenvalue weighted by Crippen LogP contribution is 2.25. The number of carbonyl (C=O) groups is 1. The number of benzene rings is 1. The number of rotatable bonds is 6. The molecular weight excluding hydrogens is 426 g/mol. The van der Waals surface area contributed by atoms with Gasteiger partial charge >= 0.3 is 5.97 Å². The van der Waals surface area contributed by atoms with Gasteiger partial charge < -0.3 is 15.2 Å². The monoisotopic (exact) mass is 447 g/mol. The third kappa shape index (κ3) is 5.91. The lowest BCUT2D eigenvalue weighted by atomic mass is 9.96. The summed E-state index contributed by atoms with van der Waals surface area (Å²) < 4.78 is 58.9. The standard InChI is InChI=1S/C19H21F4N3O3S/c1-2-29-18(28)12(9-24-26-19(30)25-10-6-4-3-5-7-10)17(27)11-8-13(20)15(22)16(23)14(11)21/h8-10,27H,2-7H2,1H3,(H2,25,26,30)/b17-12+,24-9+. The Morgan fingerprint density at radius 1 is 1.23 bits per heavy atom. The SMILES string of the molecule is CCOC(=O)C(/C=N/NC(=S)NC1CCCCC1)=C(/O)c1cc(F)c(F)c(F)c1F. The van der Waals surface area contributed by atoms with Gasteiger partial charge in [0.15, 0.2) is 28.4 Å². The fraction of sp³-hybridized carbons (Fsp3) is 0.421. The second-order valence-electron chi connectivity index (χ2n) is 6.51. The van der Waals surface area contributed by atoms with E-state index in [1.807, 2.05) is 0 Å². The molecule has 0 radical (unpaired) electrons. The Morgan fingerprint density at radius 2 is 1.90 bits per heavy atom. The lowest BCUT2D eigenvalue weighted by Gasteiger charge is -2.23. The number of hydrogen-bond acceptors (Lipinski definition) is 5. The molecule has 6 nitrogen and oxygen atoms in total. The maximum Gasteiger partial charge on any atom is 0.343 e. The number of esters is 1. The van der Waals surface area contributed by atoms with Gasteiger partial charge in [0.25, 0.3) is 0 Å². The molecule has 1 aliphatic rings. The van der Waals surface area contributed by atoms with Crippen molar-refractivity contribution in [3.05, 3.63) is 40.5 Å². The zero-order chi connectivity index (χ0) is 22.3. The minimum absolute atomic E-state index is 0.104. The number of aliphatic hydroxyl groups excluding tert-OH is 1. The van der Waals surface area contributed by atoms with E-state index in [0.29, 0.717) is 0 Å². The van der Waals surface area contributed by atoms with Gasteiger partial charge in [-0.05, 0) is 38.0 Å². The van der Waals surface area contributed by atoms with Gasteiger partial charge in [-0.2, -0.15) is 5.10 Å². The Hall–Kier alpha value is -2.69. The Labute approximate surface area is 176 Å². The normalized spacial score (nSPS) is 15.6. The summed E-state index contributed by atoms with van der Waals surface area (Å²) >= 11 is 5.10. The van der Waals surface area contributed by atoms with Crippen molar-refractivity contribution in [2.24, 2.45) is 5.10 Å². The summed E-state index contributed by atoms with van der Waals surface area (Å²) in [5.41, 5.74) is 0.665. The van der Waals surface area contributed by atoms with Crippen LogP contribution in [-0.2, 0) is 9.53 Å². The van der Waals surface area contributed by atoms with Crippen molar-refractivity contribution in [1.29, 1.82) is 0 Å². The van der Waals surface area contributed by atoms with E-state index in [4.69, 9.17) is 17.0 Å². The summed E-state index contributed by atoms with van der Waals surface area (Å²) in [6.45, 7) is 1.37. The van der Waals surface area contributed by atoms with Crippen LogP contribution in [0.2, 0.25) is 0 Å². The molecule has 2 rings (SSSR count). The molecule has 1 saturated carbocycles. The largest absolute Gasteiger partial charge is 0.506 e. The summed E-state index contributed by atoms with van der Waals surface area (Å²) in [4.78, 5) is 12.1. The molecule has 0 amide bonds. The highest BCUT2D eigenvalue weighted by molar-refractivity contribution is 7.80. The predicted molar refractivity (Wildman–Crippen MR) is 107 cm³/mol. The first-order chi connectivity index (χ1) is 14.3. The van der Waals surface area contributed by atoms with E-state index in [1.165, 1.54) is 6.92 Å². The van der Waals surface area contributed by atoms with Crippen LogP contribution < -0.4 is 10.7 Å². The topological polar surface area (TPSA) is 83.0 Å². The Kier molecular flexibility index (Phi) is 8.58. The van der Waals surface area contributed by atoms with Crippen molar-refractivity contribution in [2.75, 3.05) is 6.61 Å². The number of ether oxygens (including phenoxy) is 1. The van der Waals surface area contributed by atoms with Crippen LogP contribution in [0.5, 0.6) is 0 Å². The molecule has 3 N–H and O–H groups in total. The van der Waals surface area contributed by atoms with Gasteiger partial charge in [0.05, 0.1) is 18.4 Å². The molecule has 1 fully saturated rings. The number of halogens is 4. The van der Waals surface area contributed by atoms with E-state index < -0.39 is 46.1 Å². The maximum atomic E-state index is 14.0. The molecule has 1 aromatic rings. The predicted octanol–water partition coefficient (Wildman–Crippen LogP) is 3.86. The van der Waals surface area contributed by atoms with Crippen LogP contribution in [0, 0.1) is 23.3 Å². The minimum atomic E-state index is -2.13. The Bertz CT molecular complexity index is 871. The summed E-state index contributed by atoms with van der Waals surface area (Å²) in [6, 6.07) is 0.403. The van der Waals surface area contributed by atoms with E-state index >= 15 is 0 Å². The van der Waals surface area contributed by atoms with Crippen LogP contribution in [0.4, 0.5) is 17.6 Å². The third-order valence-electron chi connectivity index (χ3n) is 4.41. The number of hydrogen-bond donors (Lipinski definition) is 3. The lowest BCUT2D eigenvalue weighted by molar-refractivity contribution is -0.137. The van der Waals surface area contributed by atoms with Crippen LogP contribution in [0.15, 0.2) is 16.7 Å². The molecule has 0 aliphatic heterocycles. The van der Waals surface area contributed by atoms with Crippen molar-refractivity contribution >= 4 is 35.3 Å². The van der Waals surface area contributed by atoms with Gasteiger partial charge in [0, 0.05) is 6.04 Å². The van der Waals surface area contributed by atoms with Gasteiger partial charge in [-0.25, -0.2) is 22.4 Å². The van der Waals surface area contributed by atoms with Crippen LogP contribution in [0.25, 0.3) is 5.76 Å². The van der Waals surface area contributed by atoms with Crippen LogP contribution in [0.1, 0.15) is 44.6 Å². The average Bonchev–Trinajstić information content (AvgIpc) is 2.72. The summed E-state index contributed by atoms with van der Waals surface area (Å²) in [7, 11) is 0. The third-order valence-corrected chi connectivity index (χ3v) is 4.62. The van der Waals surface area contributed by atoms with E-state index in [0.717, 1.165) is 38.3 Å². The van der Waals surface area contributed by atoms with Gasteiger partial charge in [-0.3, -0.25) is 5.43 Å². The van der Waals surface area contributed by atoms with E-state index in [2.05, 4.69) is 15.8 Å². The highest BCUT2D eigenvalue weighted by Gasteiger charge is 2.25. The zero-order valence-electron chi connectivity index (χ0n) is 16.1. The molecule has 164 valence electrons. The fourth-order valence-corrected chi connectivity index (χ4v) is 3.15. The molecule has 0 bridgehead atoms. The molecule has 0 unspecified atom stereocenters.